The van der Waals surface area contributed by atoms with Crippen molar-refractivity contribution in [3.8, 4) is 0 Å². The fraction of sp³-hybridized carbons (Fsp3) is 0.308. The first-order valence-electron chi connectivity index (χ1n) is 5.13. The predicted octanol–water partition coefficient (Wildman–Crippen LogP) is 3.97. The molecular formula is C13H18O2S. The highest BCUT2D eigenvalue weighted by Crippen LogP contribution is 2.06. The van der Waals surface area contributed by atoms with Gasteiger partial charge in [-0.25, -0.2) is 0 Å². The molecule has 1 aromatic rings. The molecule has 1 rings (SSSR count). The minimum atomic E-state index is -0.745. The lowest BCUT2D eigenvalue weighted by atomic mass is 10.3. The maximum Gasteiger partial charge on any atom is 0.303 e. The van der Waals surface area contributed by atoms with Crippen molar-refractivity contribution >= 4 is 17.3 Å². The molecule has 3 heteroatoms. The molecule has 1 heterocycles. The highest BCUT2D eigenvalue weighted by atomic mass is 32.1. The fourth-order valence-electron chi connectivity index (χ4n) is 0.725. The van der Waals surface area contributed by atoms with Crippen molar-refractivity contribution < 1.29 is 9.90 Å². The molecule has 0 fully saturated rings. The van der Waals surface area contributed by atoms with E-state index in [-0.39, 0.29) is 6.42 Å². The summed E-state index contributed by atoms with van der Waals surface area (Å²) in [6, 6.07) is 10.3. The van der Waals surface area contributed by atoms with Crippen molar-refractivity contribution in [2.45, 2.75) is 27.2 Å². The van der Waals surface area contributed by atoms with Crippen LogP contribution < -0.4 is 0 Å². The summed E-state index contributed by atoms with van der Waals surface area (Å²) in [6.45, 7) is 5.87. The molecule has 0 saturated carbocycles. The molecule has 1 N–H and O–H groups in total. The van der Waals surface area contributed by atoms with Crippen LogP contribution in [0.4, 0.5) is 0 Å². The Morgan fingerprint density at radius 3 is 2.38 bits per heavy atom. The summed E-state index contributed by atoms with van der Waals surface area (Å²) in [5, 5.41) is 9.82. The molecule has 0 bridgehead atoms. The number of carboxylic acids is 1. The quantitative estimate of drug-likeness (QED) is 0.803. The number of carboxylic acid groups (broad SMARTS) is 1. The summed E-state index contributed by atoms with van der Waals surface area (Å²) >= 11 is 1.77. The lowest BCUT2D eigenvalue weighted by Crippen LogP contribution is -1.86. The average Bonchev–Trinajstić information content (AvgIpc) is 2.35. The molecule has 0 aliphatic rings. The molecule has 0 aliphatic heterocycles. The standard InChI is InChI=1S/C10H12S.C3H6O2/c1-9-7-5-3-4-6-8-11-10(9)2;1-2-3(4)5/h3-8H,1-2H3;2H2,1H3,(H,4,5). The van der Waals surface area contributed by atoms with Gasteiger partial charge in [-0.1, -0.05) is 37.3 Å². The van der Waals surface area contributed by atoms with E-state index in [1.165, 1.54) is 10.4 Å². The van der Waals surface area contributed by atoms with Gasteiger partial charge in [0, 0.05) is 11.3 Å². The molecule has 0 radical (unpaired) electrons. The Hall–Kier alpha value is -1.35. The van der Waals surface area contributed by atoms with Crippen LogP contribution in [0.15, 0.2) is 35.7 Å². The fourth-order valence-corrected chi connectivity index (χ4v) is 1.35. The molecule has 0 aliphatic carbocycles. The maximum absolute atomic E-state index is 9.37. The maximum atomic E-state index is 9.37. The van der Waals surface area contributed by atoms with Crippen LogP contribution in [0.1, 0.15) is 23.8 Å². The van der Waals surface area contributed by atoms with Gasteiger partial charge in [0.25, 0.3) is 0 Å². The second-order valence-corrected chi connectivity index (χ2v) is 4.30. The molecule has 0 unspecified atom stereocenters. The summed E-state index contributed by atoms with van der Waals surface area (Å²) in [6.07, 6.45) is 0.222. The third-order valence-electron chi connectivity index (χ3n) is 1.86. The Labute approximate surface area is 101 Å². The molecule has 2 nitrogen and oxygen atoms in total. The minimum Gasteiger partial charge on any atom is -0.481 e. The van der Waals surface area contributed by atoms with E-state index in [9.17, 15) is 4.79 Å². The molecule has 0 amide bonds. The highest BCUT2D eigenvalue weighted by Gasteiger charge is 1.82. The van der Waals surface area contributed by atoms with Crippen molar-refractivity contribution in [2.75, 3.05) is 0 Å². The molecule has 0 aromatic carbocycles. The van der Waals surface area contributed by atoms with Gasteiger partial charge in [0.1, 0.15) is 0 Å². The monoisotopic (exact) mass is 238 g/mol. The topological polar surface area (TPSA) is 37.3 Å². The summed E-state index contributed by atoms with van der Waals surface area (Å²) in [7, 11) is 0. The van der Waals surface area contributed by atoms with Gasteiger partial charge < -0.3 is 5.11 Å². The number of hydrogen-bond acceptors (Lipinski definition) is 2. The van der Waals surface area contributed by atoms with Crippen LogP contribution in [-0.4, -0.2) is 11.1 Å². The predicted molar refractivity (Wildman–Crippen MR) is 69.3 cm³/mol. The summed E-state index contributed by atoms with van der Waals surface area (Å²) in [5.74, 6) is -0.745. The van der Waals surface area contributed by atoms with Gasteiger partial charge in [-0.3, -0.25) is 4.79 Å². The van der Waals surface area contributed by atoms with Crippen molar-refractivity contribution in [2.24, 2.45) is 0 Å². The summed E-state index contributed by atoms with van der Waals surface area (Å²) in [4.78, 5) is 10.7. The second-order valence-electron chi connectivity index (χ2n) is 3.18. The minimum absolute atomic E-state index is 0.222. The Balaban J connectivity index is 0.000000385. The van der Waals surface area contributed by atoms with E-state index in [4.69, 9.17) is 5.11 Å². The van der Waals surface area contributed by atoms with E-state index < -0.39 is 5.97 Å². The first-order chi connectivity index (χ1) is 7.57. The number of hydrogen-bond donors (Lipinski definition) is 1. The summed E-state index contributed by atoms with van der Waals surface area (Å²) < 4.78 is 0. The van der Waals surface area contributed by atoms with E-state index >= 15 is 0 Å². The second kappa shape index (κ2) is 8.92. The largest absolute Gasteiger partial charge is 0.481 e. The first-order valence-corrected chi connectivity index (χ1v) is 6.01. The van der Waals surface area contributed by atoms with Gasteiger partial charge in [-0.05, 0) is 24.8 Å². The van der Waals surface area contributed by atoms with Crippen LogP contribution >= 0.6 is 11.3 Å². The number of rotatable bonds is 1. The number of aryl methyl sites for hydroxylation is 2. The van der Waals surface area contributed by atoms with Crippen LogP contribution in [-0.2, 0) is 4.79 Å². The van der Waals surface area contributed by atoms with Crippen molar-refractivity contribution in [1.29, 1.82) is 0 Å². The molecule has 1 aromatic heterocycles. The van der Waals surface area contributed by atoms with Crippen LogP contribution in [0, 0.1) is 13.8 Å². The van der Waals surface area contributed by atoms with E-state index in [0.717, 1.165) is 0 Å². The highest BCUT2D eigenvalue weighted by molar-refractivity contribution is 7.09. The Morgan fingerprint density at radius 1 is 1.25 bits per heavy atom. The third-order valence-corrected chi connectivity index (χ3v) is 2.83. The Morgan fingerprint density at radius 2 is 1.81 bits per heavy atom. The lowest BCUT2D eigenvalue weighted by Gasteiger charge is -1.88. The Bertz CT molecular complexity index is 341. The van der Waals surface area contributed by atoms with Crippen molar-refractivity contribution in [3.05, 3.63) is 46.2 Å². The van der Waals surface area contributed by atoms with Gasteiger partial charge in [0.2, 0.25) is 0 Å². The molecule has 0 saturated heterocycles. The smallest absolute Gasteiger partial charge is 0.303 e. The average molecular weight is 238 g/mol. The van der Waals surface area contributed by atoms with Gasteiger partial charge in [0.15, 0.2) is 0 Å². The lowest BCUT2D eigenvalue weighted by molar-refractivity contribution is -0.136. The van der Waals surface area contributed by atoms with E-state index in [0.29, 0.717) is 0 Å². The molecule has 16 heavy (non-hydrogen) atoms. The van der Waals surface area contributed by atoms with Crippen LogP contribution in [0.25, 0.3) is 0 Å². The molecule has 0 spiro atoms. The van der Waals surface area contributed by atoms with E-state index in [1.54, 1.807) is 18.3 Å². The van der Waals surface area contributed by atoms with Gasteiger partial charge in [-0.2, -0.15) is 0 Å². The van der Waals surface area contributed by atoms with E-state index in [2.05, 4.69) is 37.4 Å². The van der Waals surface area contributed by atoms with Gasteiger partial charge in [0.05, 0.1) is 0 Å². The van der Waals surface area contributed by atoms with Crippen LogP contribution in [0.3, 0.4) is 0 Å². The third kappa shape index (κ3) is 8.00. The summed E-state index contributed by atoms with van der Waals surface area (Å²) in [5.41, 5.74) is 1.34. The van der Waals surface area contributed by atoms with Crippen molar-refractivity contribution in [1.82, 2.24) is 0 Å². The van der Waals surface area contributed by atoms with Gasteiger partial charge in [-0.15, -0.1) is 11.3 Å². The molecule has 88 valence electrons. The van der Waals surface area contributed by atoms with E-state index in [1.807, 2.05) is 12.1 Å². The number of aliphatic carboxylic acids is 1. The zero-order valence-electron chi connectivity index (χ0n) is 9.93. The SMILES string of the molecule is CCC(=O)O.Cc1ccccccsc1C. The zero-order chi connectivity index (χ0) is 12.4. The Kier molecular flexibility index (Phi) is 8.17. The van der Waals surface area contributed by atoms with Gasteiger partial charge >= 0.3 is 5.97 Å². The first kappa shape index (κ1) is 14.6. The zero-order valence-corrected chi connectivity index (χ0v) is 10.8. The van der Waals surface area contributed by atoms with Crippen LogP contribution in [0.2, 0.25) is 0 Å². The molecular weight excluding hydrogens is 220 g/mol. The normalized spacial score (nSPS) is 8.44. The number of carbonyl (C=O) groups is 1. The molecule has 0 atom stereocenters. The van der Waals surface area contributed by atoms with Crippen LogP contribution in [0.5, 0.6) is 0 Å². The van der Waals surface area contributed by atoms with Crippen molar-refractivity contribution in [3.63, 3.8) is 0 Å².